The number of hydrogen-bond donors (Lipinski definition) is 2. The van der Waals surface area contributed by atoms with Crippen LogP contribution in [0.4, 0.5) is 9.18 Å². The molecule has 0 radical (unpaired) electrons. The van der Waals surface area contributed by atoms with Crippen LogP contribution in [0.1, 0.15) is 18.1 Å². The fraction of sp³-hybridized carbons (Fsp3) is 0.150. The second-order valence-corrected chi connectivity index (χ2v) is 5.51. The lowest BCUT2D eigenvalue weighted by Gasteiger charge is -2.13. The van der Waals surface area contributed by atoms with Crippen molar-refractivity contribution in [2.75, 3.05) is 6.61 Å². The van der Waals surface area contributed by atoms with E-state index in [9.17, 15) is 14.0 Å². The minimum absolute atomic E-state index is 0.00635. The van der Waals surface area contributed by atoms with Crippen LogP contribution in [0, 0.1) is 17.1 Å². The minimum atomic E-state index is -1.06. The molecule has 0 fully saturated rings. The SMILES string of the molecule is CCOc1cc(/C=C(/C#N)C(=O)NC(N)=O)ccc1OCc1ccccc1F. The molecule has 0 aliphatic carbocycles. The van der Waals surface area contributed by atoms with Crippen LogP contribution in [0.5, 0.6) is 11.5 Å². The van der Waals surface area contributed by atoms with E-state index in [1.54, 1.807) is 49.4 Å². The molecule has 0 aliphatic heterocycles. The van der Waals surface area contributed by atoms with Crippen molar-refractivity contribution in [2.24, 2.45) is 5.73 Å². The number of benzene rings is 2. The monoisotopic (exact) mass is 383 g/mol. The Morgan fingerprint density at radius 3 is 2.61 bits per heavy atom. The molecule has 0 heterocycles. The fourth-order valence-electron chi connectivity index (χ4n) is 2.27. The van der Waals surface area contributed by atoms with Crippen molar-refractivity contribution in [1.29, 1.82) is 5.26 Å². The first-order valence-electron chi connectivity index (χ1n) is 8.30. The highest BCUT2D eigenvalue weighted by Gasteiger charge is 2.13. The molecule has 0 spiro atoms. The normalized spacial score (nSPS) is 10.7. The highest BCUT2D eigenvalue weighted by Crippen LogP contribution is 2.30. The van der Waals surface area contributed by atoms with Crippen LogP contribution in [-0.2, 0) is 11.4 Å². The third-order valence-electron chi connectivity index (χ3n) is 3.52. The smallest absolute Gasteiger partial charge is 0.319 e. The molecule has 3 N–H and O–H groups in total. The number of ether oxygens (including phenoxy) is 2. The topological polar surface area (TPSA) is 114 Å². The molecule has 28 heavy (non-hydrogen) atoms. The molecular weight excluding hydrogens is 365 g/mol. The highest BCUT2D eigenvalue weighted by molar-refractivity contribution is 6.08. The van der Waals surface area contributed by atoms with Crippen molar-refractivity contribution in [3.8, 4) is 17.6 Å². The van der Waals surface area contributed by atoms with E-state index < -0.39 is 11.9 Å². The third-order valence-corrected chi connectivity index (χ3v) is 3.52. The van der Waals surface area contributed by atoms with Crippen molar-refractivity contribution in [2.45, 2.75) is 13.5 Å². The standard InChI is InChI=1S/C20H18FN3O4/c1-2-27-18-10-13(9-15(11-22)19(25)24-20(23)26)7-8-17(18)28-12-14-5-3-4-6-16(14)21/h3-10H,2,12H2,1H3,(H3,23,24,25,26)/b15-9-. The average molecular weight is 383 g/mol. The maximum atomic E-state index is 13.7. The number of urea groups is 1. The molecule has 2 rings (SSSR count). The Balaban J connectivity index is 2.25. The molecule has 0 saturated carbocycles. The molecule has 0 aromatic heterocycles. The number of nitrogens with two attached hydrogens (primary N) is 1. The zero-order valence-corrected chi connectivity index (χ0v) is 15.1. The van der Waals surface area contributed by atoms with Crippen molar-refractivity contribution < 1.29 is 23.5 Å². The molecule has 2 aromatic rings. The summed E-state index contributed by atoms with van der Waals surface area (Å²) in [6.07, 6.45) is 1.28. The Morgan fingerprint density at radius 1 is 1.21 bits per heavy atom. The van der Waals surface area contributed by atoms with Gasteiger partial charge < -0.3 is 15.2 Å². The molecule has 7 nitrogen and oxygen atoms in total. The van der Waals surface area contributed by atoms with E-state index in [-0.39, 0.29) is 18.0 Å². The number of halogens is 1. The number of carbonyl (C=O) groups excluding carboxylic acids is 2. The lowest BCUT2D eigenvalue weighted by Crippen LogP contribution is -2.35. The van der Waals surface area contributed by atoms with Gasteiger partial charge in [0.2, 0.25) is 0 Å². The molecule has 8 heteroatoms. The number of nitrogens with zero attached hydrogens (tertiary/aromatic N) is 1. The van der Waals surface area contributed by atoms with Crippen LogP contribution in [0.2, 0.25) is 0 Å². The summed E-state index contributed by atoms with van der Waals surface area (Å²) in [6, 6.07) is 11.6. The van der Waals surface area contributed by atoms with Gasteiger partial charge in [0.1, 0.15) is 24.1 Å². The van der Waals surface area contributed by atoms with E-state index in [4.69, 9.17) is 20.5 Å². The maximum Gasteiger partial charge on any atom is 0.319 e. The van der Waals surface area contributed by atoms with Gasteiger partial charge in [-0.1, -0.05) is 24.3 Å². The Bertz CT molecular complexity index is 951. The van der Waals surface area contributed by atoms with Crippen LogP contribution < -0.4 is 20.5 Å². The van der Waals surface area contributed by atoms with E-state index in [1.165, 1.54) is 12.1 Å². The fourth-order valence-corrected chi connectivity index (χ4v) is 2.27. The third kappa shape index (κ3) is 5.57. The Labute approximate surface area is 161 Å². The zero-order chi connectivity index (χ0) is 20.5. The number of imide groups is 1. The largest absolute Gasteiger partial charge is 0.490 e. The van der Waals surface area contributed by atoms with Gasteiger partial charge >= 0.3 is 6.03 Å². The summed E-state index contributed by atoms with van der Waals surface area (Å²) < 4.78 is 24.9. The second-order valence-electron chi connectivity index (χ2n) is 5.51. The first-order chi connectivity index (χ1) is 13.4. The van der Waals surface area contributed by atoms with Gasteiger partial charge in [-0.25, -0.2) is 9.18 Å². The number of hydrogen-bond acceptors (Lipinski definition) is 5. The molecule has 0 atom stereocenters. The lowest BCUT2D eigenvalue weighted by atomic mass is 10.1. The van der Waals surface area contributed by atoms with Crippen molar-refractivity contribution >= 4 is 18.0 Å². The van der Waals surface area contributed by atoms with E-state index in [0.29, 0.717) is 29.2 Å². The number of nitrogens with one attached hydrogen (secondary N) is 1. The number of amides is 3. The van der Waals surface area contributed by atoms with Gasteiger partial charge in [-0.15, -0.1) is 0 Å². The van der Waals surface area contributed by atoms with Gasteiger partial charge in [-0.2, -0.15) is 5.26 Å². The summed E-state index contributed by atoms with van der Waals surface area (Å²) in [5.41, 5.74) is 5.44. The first-order valence-corrected chi connectivity index (χ1v) is 8.30. The summed E-state index contributed by atoms with van der Waals surface area (Å²) in [7, 11) is 0. The van der Waals surface area contributed by atoms with Gasteiger partial charge in [-0.3, -0.25) is 10.1 Å². The Morgan fingerprint density at radius 2 is 1.96 bits per heavy atom. The van der Waals surface area contributed by atoms with Crippen LogP contribution in [0.15, 0.2) is 48.0 Å². The molecule has 0 saturated heterocycles. The molecular formula is C20H18FN3O4. The lowest BCUT2D eigenvalue weighted by molar-refractivity contribution is -0.115. The first kappa shape index (κ1) is 20.5. The summed E-state index contributed by atoms with van der Waals surface area (Å²) in [4.78, 5) is 22.5. The molecule has 0 unspecified atom stereocenters. The van der Waals surface area contributed by atoms with Crippen LogP contribution in [-0.4, -0.2) is 18.5 Å². The number of nitriles is 1. The minimum Gasteiger partial charge on any atom is -0.490 e. The number of carbonyl (C=O) groups is 2. The van der Waals surface area contributed by atoms with E-state index in [2.05, 4.69) is 0 Å². The second kappa shape index (κ2) is 9.73. The highest BCUT2D eigenvalue weighted by atomic mass is 19.1. The van der Waals surface area contributed by atoms with Crippen LogP contribution in [0.25, 0.3) is 6.08 Å². The predicted molar refractivity (Wildman–Crippen MR) is 99.7 cm³/mol. The molecule has 144 valence electrons. The van der Waals surface area contributed by atoms with E-state index in [0.717, 1.165) is 0 Å². The Kier molecular flexibility index (Phi) is 7.11. The molecule has 3 amide bonds. The summed E-state index contributed by atoms with van der Waals surface area (Å²) in [6.45, 7) is 2.13. The van der Waals surface area contributed by atoms with Gasteiger partial charge in [0.05, 0.1) is 6.61 Å². The quantitative estimate of drug-likeness (QED) is 0.564. The van der Waals surface area contributed by atoms with Gasteiger partial charge in [0, 0.05) is 5.56 Å². The summed E-state index contributed by atoms with van der Waals surface area (Å²) >= 11 is 0. The summed E-state index contributed by atoms with van der Waals surface area (Å²) in [5.74, 6) is -0.547. The van der Waals surface area contributed by atoms with Crippen molar-refractivity contribution in [1.82, 2.24) is 5.32 Å². The molecule has 0 aliphatic rings. The van der Waals surface area contributed by atoms with Crippen LogP contribution in [0.3, 0.4) is 0 Å². The Hall–Kier alpha value is -3.86. The average Bonchev–Trinajstić information content (AvgIpc) is 2.66. The molecule has 2 aromatic carbocycles. The maximum absolute atomic E-state index is 13.7. The molecule has 0 bridgehead atoms. The van der Waals surface area contributed by atoms with Gasteiger partial charge in [0.25, 0.3) is 5.91 Å². The predicted octanol–water partition coefficient (Wildman–Crippen LogP) is 2.91. The summed E-state index contributed by atoms with van der Waals surface area (Å²) in [5, 5.41) is 10.9. The zero-order valence-electron chi connectivity index (χ0n) is 15.1. The van der Waals surface area contributed by atoms with Crippen molar-refractivity contribution in [3.63, 3.8) is 0 Å². The number of rotatable bonds is 7. The van der Waals surface area contributed by atoms with Gasteiger partial charge in [0.15, 0.2) is 11.5 Å². The van der Waals surface area contributed by atoms with Crippen molar-refractivity contribution in [3.05, 3.63) is 65.0 Å². The van der Waals surface area contributed by atoms with E-state index in [1.807, 2.05) is 5.32 Å². The van der Waals surface area contributed by atoms with Crippen LogP contribution >= 0.6 is 0 Å². The van der Waals surface area contributed by atoms with E-state index >= 15 is 0 Å². The number of primary amides is 1. The van der Waals surface area contributed by atoms with Gasteiger partial charge in [-0.05, 0) is 36.8 Å².